The molecule has 1 aromatic carbocycles. The largest absolute Gasteiger partial charge is 0.494 e. The quantitative estimate of drug-likeness (QED) is 0.558. The number of pyridine rings is 1. The topological polar surface area (TPSA) is 63.4 Å². The Hall–Kier alpha value is -2.64. The van der Waals surface area contributed by atoms with Crippen molar-refractivity contribution in [3.63, 3.8) is 0 Å². The highest BCUT2D eigenvalue weighted by atomic mass is 32.1. The second kappa shape index (κ2) is 6.43. The second-order valence-corrected chi connectivity index (χ2v) is 9.34. The van der Waals surface area contributed by atoms with Crippen molar-refractivity contribution in [3.8, 4) is 5.88 Å². The number of hydrogen-bond acceptors (Lipinski definition) is 6. The number of fused-ring (bicyclic) bond motifs is 2. The van der Waals surface area contributed by atoms with Crippen LogP contribution in [0, 0.1) is 5.41 Å². The molecule has 2 fully saturated rings. The van der Waals surface area contributed by atoms with E-state index in [1.165, 1.54) is 4.70 Å². The number of para-hydroxylation sites is 1. The third kappa shape index (κ3) is 2.80. The number of aromatic hydroxyl groups is 1. The van der Waals surface area contributed by atoms with Gasteiger partial charge in [0.05, 0.1) is 45.0 Å². The summed E-state index contributed by atoms with van der Waals surface area (Å²) >= 11 is 1.72. The van der Waals surface area contributed by atoms with Gasteiger partial charge in [0, 0.05) is 43.9 Å². The van der Waals surface area contributed by atoms with Crippen molar-refractivity contribution < 1.29 is 9.84 Å². The molecule has 3 aromatic heterocycles. The van der Waals surface area contributed by atoms with E-state index in [1.807, 2.05) is 41.2 Å². The Kier molecular flexibility index (Phi) is 3.82. The predicted octanol–water partition coefficient (Wildman–Crippen LogP) is 3.82. The van der Waals surface area contributed by atoms with Crippen LogP contribution in [0.2, 0.25) is 0 Å². The van der Waals surface area contributed by atoms with Gasteiger partial charge in [-0.3, -0.25) is 4.98 Å². The smallest absolute Gasteiger partial charge is 0.202 e. The number of benzene rings is 1. The first-order valence-electron chi connectivity index (χ1n) is 10.0. The molecule has 1 N–H and O–H groups in total. The zero-order valence-electron chi connectivity index (χ0n) is 16.0. The van der Waals surface area contributed by atoms with E-state index >= 15 is 0 Å². The summed E-state index contributed by atoms with van der Waals surface area (Å²) in [5, 5.41) is 12.9. The Morgan fingerprint density at radius 1 is 1.17 bits per heavy atom. The first-order valence-corrected chi connectivity index (χ1v) is 10.9. The summed E-state index contributed by atoms with van der Waals surface area (Å²) in [6.45, 7) is 4.38. The Balaban J connectivity index is 1.29. The minimum atomic E-state index is 0.301. The maximum atomic E-state index is 11.0. The average molecular weight is 407 g/mol. The number of ether oxygens (including phenoxy) is 1. The van der Waals surface area contributed by atoms with Crippen LogP contribution in [-0.2, 0) is 17.7 Å². The molecule has 0 atom stereocenters. The lowest BCUT2D eigenvalue weighted by Gasteiger charge is -2.37. The van der Waals surface area contributed by atoms with Gasteiger partial charge in [-0.2, -0.15) is 0 Å². The van der Waals surface area contributed by atoms with Gasteiger partial charge in [0.25, 0.3) is 0 Å². The Labute approximate surface area is 172 Å². The van der Waals surface area contributed by atoms with Gasteiger partial charge < -0.3 is 19.3 Å². The maximum absolute atomic E-state index is 11.0. The number of aryl methyl sites for hydroxylation is 2. The van der Waals surface area contributed by atoms with Crippen molar-refractivity contribution in [1.82, 2.24) is 14.5 Å². The van der Waals surface area contributed by atoms with Crippen molar-refractivity contribution in [2.75, 3.05) is 31.2 Å². The first-order chi connectivity index (χ1) is 14.2. The van der Waals surface area contributed by atoms with Gasteiger partial charge in [0.2, 0.25) is 5.88 Å². The van der Waals surface area contributed by atoms with Crippen molar-refractivity contribution >= 4 is 38.1 Å². The van der Waals surface area contributed by atoms with E-state index in [0.717, 1.165) is 66.3 Å². The minimum Gasteiger partial charge on any atom is -0.494 e. The molecule has 4 aromatic rings. The molecule has 7 heteroatoms. The van der Waals surface area contributed by atoms with E-state index < -0.39 is 0 Å². The fourth-order valence-electron chi connectivity index (χ4n) is 4.59. The highest BCUT2D eigenvalue weighted by Gasteiger charge is 2.44. The molecule has 0 radical (unpaired) electrons. The van der Waals surface area contributed by atoms with E-state index in [2.05, 4.69) is 16.0 Å². The average Bonchev–Trinajstić information content (AvgIpc) is 3.41. The lowest BCUT2D eigenvalue weighted by atomic mass is 9.85. The van der Waals surface area contributed by atoms with Gasteiger partial charge in [-0.1, -0.05) is 12.1 Å². The van der Waals surface area contributed by atoms with Crippen molar-refractivity contribution in [2.24, 2.45) is 5.41 Å². The number of nitrogens with zero attached hydrogens (tertiary/aromatic N) is 4. The molecule has 0 bridgehead atoms. The van der Waals surface area contributed by atoms with Crippen LogP contribution in [0.25, 0.3) is 21.1 Å². The lowest BCUT2D eigenvalue weighted by Crippen LogP contribution is -2.44. The molecular formula is C22H22N4O2S. The predicted molar refractivity (Wildman–Crippen MR) is 115 cm³/mol. The Morgan fingerprint density at radius 2 is 2.07 bits per heavy atom. The molecule has 2 aliphatic heterocycles. The van der Waals surface area contributed by atoms with Gasteiger partial charge in [-0.05, 0) is 24.6 Å². The van der Waals surface area contributed by atoms with Gasteiger partial charge >= 0.3 is 0 Å². The fourth-order valence-corrected chi connectivity index (χ4v) is 5.55. The maximum Gasteiger partial charge on any atom is 0.202 e. The normalized spacial score (nSPS) is 18.1. The summed E-state index contributed by atoms with van der Waals surface area (Å²) in [6.07, 6.45) is 5.74. The Bertz CT molecular complexity index is 1180. The summed E-state index contributed by atoms with van der Waals surface area (Å²) in [6, 6.07) is 10.2. The third-order valence-electron chi connectivity index (χ3n) is 6.23. The second-order valence-electron chi connectivity index (χ2n) is 8.23. The molecule has 6 nitrogen and oxygen atoms in total. The third-order valence-corrected chi connectivity index (χ3v) is 7.33. The van der Waals surface area contributed by atoms with Crippen molar-refractivity contribution in [1.29, 1.82) is 0 Å². The molecule has 6 rings (SSSR count). The van der Waals surface area contributed by atoms with E-state index in [0.29, 0.717) is 17.8 Å². The standard InChI is InChI=1S/C22H22N4O2S/c27-21-20-16(23-8-5-17(20)26-10-7-22(12-26)13-28-14-22)11-25(21)9-6-19-24-15-3-1-2-4-18(15)29-19/h1-5,8,11,27H,6-7,9-10,12-14H2. The Morgan fingerprint density at radius 3 is 2.86 bits per heavy atom. The number of aromatic nitrogens is 3. The van der Waals surface area contributed by atoms with E-state index in [-0.39, 0.29) is 0 Å². The zero-order chi connectivity index (χ0) is 19.4. The van der Waals surface area contributed by atoms with Gasteiger partial charge in [-0.25, -0.2) is 4.98 Å². The van der Waals surface area contributed by atoms with Gasteiger partial charge in [-0.15, -0.1) is 11.3 Å². The summed E-state index contributed by atoms with van der Waals surface area (Å²) in [5.74, 6) is 0.301. The summed E-state index contributed by atoms with van der Waals surface area (Å²) < 4.78 is 8.57. The van der Waals surface area contributed by atoms with Crippen molar-refractivity contribution in [2.45, 2.75) is 19.4 Å². The van der Waals surface area contributed by atoms with Crippen LogP contribution in [0.15, 0.2) is 42.7 Å². The van der Waals surface area contributed by atoms with Crippen LogP contribution in [0.1, 0.15) is 11.4 Å². The molecule has 29 heavy (non-hydrogen) atoms. The molecule has 148 valence electrons. The van der Waals surface area contributed by atoms with Crippen LogP contribution in [-0.4, -0.2) is 45.9 Å². The van der Waals surface area contributed by atoms with Crippen LogP contribution in [0.4, 0.5) is 5.69 Å². The summed E-state index contributed by atoms with van der Waals surface area (Å²) in [5.41, 5.74) is 3.27. The molecule has 0 saturated carbocycles. The molecule has 1 spiro atoms. The SMILES string of the molecule is Oc1c2c(N3CCC4(COC4)C3)ccnc2cn1CCc1nc2ccccc2s1. The van der Waals surface area contributed by atoms with Gasteiger partial charge in [0.15, 0.2) is 0 Å². The summed E-state index contributed by atoms with van der Waals surface area (Å²) in [4.78, 5) is 11.6. The van der Waals surface area contributed by atoms with Crippen LogP contribution in [0.3, 0.4) is 0 Å². The molecule has 5 heterocycles. The monoisotopic (exact) mass is 406 g/mol. The molecule has 0 unspecified atom stereocenters. The zero-order valence-corrected chi connectivity index (χ0v) is 16.9. The lowest BCUT2D eigenvalue weighted by molar-refractivity contribution is -0.0985. The summed E-state index contributed by atoms with van der Waals surface area (Å²) in [7, 11) is 0. The molecule has 2 saturated heterocycles. The number of anilines is 1. The van der Waals surface area contributed by atoms with E-state index in [1.54, 1.807) is 11.3 Å². The molecular weight excluding hydrogens is 384 g/mol. The van der Waals surface area contributed by atoms with Gasteiger partial charge in [0.1, 0.15) is 0 Å². The number of hydrogen-bond donors (Lipinski definition) is 1. The molecule has 0 aliphatic carbocycles. The first kappa shape index (κ1) is 17.2. The van der Waals surface area contributed by atoms with E-state index in [9.17, 15) is 5.11 Å². The fraction of sp³-hybridized carbons (Fsp3) is 0.364. The number of thiazole rings is 1. The highest BCUT2D eigenvalue weighted by Crippen LogP contribution is 2.43. The molecule has 2 aliphatic rings. The molecule has 0 amide bonds. The van der Waals surface area contributed by atoms with E-state index in [4.69, 9.17) is 9.72 Å². The van der Waals surface area contributed by atoms with Crippen LogP contribution in [0.5, 0.6) is 5.88 Å². The number of rotatable bonds is 4. The van der Waals surface area contributed by atoms with Crippen LogP contribution < -0.4 is 4.90 Å². The van der Waals surface area contributed by atoms with Crippen LogP contribution >= 0.6 is 11.3 Å². The minimum absolute atomic E-state index is 0.301. The highest BCUT2D eigenvalue weighted by molar-refractivity contribution is 7.18. The van der Waals surface area contributed by atoms with Crippen molar-refractivity contribution in [3.05, 3.63) is 47.7 Å².